The molecule has 2 aliphatic carbocycles. The SMILES string of the molecule is CN=C(NC1CCN(CC(F)F)CC1)NC1CC1C1CCCCC1.I. The molecule has 0 bridgehead atoms. The van der Waals surface area contributed by atoms with Crippen molar-refractivity contribution in [1.82, 2.24) is 15.5 Å². The first-order valence-electron chi connectivity index (χ1n) is 9.66. The molecule has 0 radical (unpaired) electrons. The van der Waals surface area contributed by atoms with Crippen LogP contribution in [0, 0.1) is 11.8 Å². The molecule has 0 aromatic carbocycles. The van der Waals surface area contributed by atoms with Gasteiger partial charge in [-0.3, -0.25) is 9.89 Å². The molecule has 0 spiro atoms. The summed E-state index contributed by atoms with van der Waals surface area (Å²) in [4.78, 5) is 6.23. The number of guanidine groups is 1. The van der Waals surface area contributed by atoms with Crippen LogP contribution in [0.5, 0.6) is 0 Å². The van der Waals surface area contributed by atoms with E-state index in [0.29, 0.717) is 12.1 Å². The van der Waals surface area contributed by atoms with Crippen LogP contribution in [0.3, 0.4) is 0 Å². The zero-order chi connectivity index (χ0) is 16.9. The van der Waals surface area contributed by atoms with Gasteiger partial charge in [0.25, 0.3) is 6.43 Å². The lowest BCUT2D eigenvalue weighted by atomic mass is 9.85. The Kier molecular flexibility index (Phi) is 8.64. The lowest BCUT2D eigenvalue weighted by Crippen LogP contribution is -2.50. The topological polar surface area (TPSA) is 39.7 Å². The molecule has 1 aliphatic heterocycles. The molecule has 2 atom stereocenters. The highest BCUT2D eigenvalue weighted by atomic mass is 127. The van der Waals surface area contributed by atoms with Gasteiger partial charge < -0.3 is 10.6 Å². The van der Waals surface area contributed by atoms with Gasteiger partial charge >= 0.3 is 0 Å². The molecule has 3 fully saturated rings. The number of piperidine rings is 1. The second-order valence-corrected chi connectivity index (χ2v) is 7.73. The Morgan fingerprint density at radius 3 is 2.36 bits per heavy atom. The smallest absolute Gasteiger partial charge is 0.251 e. The van der Waals surface area contributed by atoms with Crippen LogP contribution in [0.1, 0.15) is 51.4 Å². The Morgan fingerprint density at radius 1 is 1.08 bits per heavy atom. The van der Waals surface area contributed by atoms with Crippen molar-refractivity contribution in [3.8, 4) is 0 Å². The second kappa shape index (κ2) is 10.2. The lowest BCUT2D eigenvalue weighted by molar-refractivity contribution is 0.0744. The van der Waals surface area contributed by atoms with Crippen LogP contribution in [0.15, 0.2) is 4.99 Å². The van der Waals surface area contributed by atoms with Gasteiger partial charge in [-0.25, -0.2) is 8.78 Å². The van der Waals surface area contributed by atoms with E-state index in [1.165, 1.54) is 38.5 Å². The molecule has 146 valence electrons. The summed E-state index contributed by atoms with van der Waals surface area (Å²) >= 11 is 0. The highest BCUT2D eigenvalue weighted by molar-refractivity contribution is 14.0. The van der Waals surface area contributed by atoms with E-state index in [1.807, 2.05) is 11.9 Å². The molecule has 0 amide bonds. The summed E-state index contributed by atoms with van der Waals surface area (Å²) in [7, 11) is 1.82. The van der Waals surface area contributed by atoms with Crippen LogP contribution in [0.2, 0.25) is 0 Å². The maximum atomic E-state index is 12.4. The minimum Gasteiger partial charge on any atom is -0.354 e. The molecular formula is C18H33F2IN4. The van der Waals surface area contributed by atoms with E-state index in [0.717, 1.165) is 43.7 Å². The van der Waals surface area contributed by atoms with Crippen molar-refractivity contribution in [3.05, 3.63) is 0 Å². The first-order chi connectivity index (χ1) is 11.7. The van der Waals surface area contributed by atoms with Gasteiger partial charge in [0.05, 0.1) is 6.54 Å². The molecule has 7 heteroatoms. The third kappa shape index (κ3) is 6.48. The molecule has 0 aromatic heterocycles. The van der Waals surface area contributed by atoms with Crippen molar-refractivity contribution >= 4 is 29.9 Å². The number of halogens is 3. The third-order valence-corrected chi connectivity index (χ3v) is 5.97. The predicted molar refractivity (Wildman–Crippen MR) is 109 cm³/mol. The van der Waals surface area contributed by atoms with E-state index in [-0.39, 0.29) is 30.5 Å². The van der Waals surface area contributed by atoms with E-state index in [9.17, 15) is 8.78 Å². The Morgan fingerprint density at radius 2 is 1.76 bits per heavy atom. The Labute approximate surface area is 167 Å². The van der Waals surface area contributed by atoms with Crippen LogP contribution in [-0.4, -0.2) is 56.1 Å². The highest BCUT2D eigenvalue weighted by Crippen LogP contribution is 2.44. The van der Waals surface area contributed by atoms with Crippen LogP contribution in [0.4, 0.5) is 8.78 Å². The monoisotopic (exact) mass is 470 g/mol. The van der Waals surface area contributed by atoms with Crippen LogP contribution in [0.25, 0.3) is 0 Å². The van der Waals surface area contributed by atoms with Crippen molar-refractivity contribution in [2.75, 3.05) is 26.7 Å². The molecular weight excluding hydrogens is 437 g/mol. The quantitative estimate of drug-likeness (QED) is 0.367. The zero-order valence-electron chi connectivity index (χ0n) is 15.2. The molecule has 25 heavy (non-hydrogen) atoms. The molecule has 3 aliphatic rings. The summed E-state index contributed by atoms with van der Waals surface area (Å²) in [6.07, 6.45) is 7.88. The van der Waals surface area contributed by atoms with Gasteiger partial charge in [0.2, 0.25) is 0 Å². The molecule has 1 heterocycles. The number of nitrogens with one attached hydrogen (secondary N) is 2. The molecule has 4 nitrogen and oxygen atoms in total. The Hall–Kier alpha value is -0.180. The molecule has 2 saturated carbocycles. The number of hydrogen-bond acceptors (Lipinski definition) is 2. The third-order valence-electron chi connectivity index (χ3n) is 5.97. The number of aliphatic imine (C=N–C) groups is 1. The summed E-state index contributed by atoms with van der Waals surface area (Å²) in [5.74, 6) is 2.63. The van der Waals surface area contributed by atoms with Crippen molar-refractivity contribution in [2.45, 2.75) is 69.9 Å². The van der Waals surface area contributed by atoms with Crippen LogP contribution in [-0.2, 0) is 0 Å². The van der Waals surface area contributed by atoms with Crippen LogP contribution >= 0.6 is 24.0 Å². The van der Waals surface area contributed by atoms with E-state index < -0.39 is 6.43 Å². The minimum absolute atomic E-state index is 0. The predicted octanol–water partition coefficient (Wildman–Crippen LogP) is 3.47. The minimum atomic E-state index is -2.23. The second-order valence-electron chi connectivity index (χ2n) is 7.73. The fourth-order valence-electron chi connectivity index (χ4n) is 4.46. The maximum absolute atomic E-state index is 12.4. The average molecular weight is 470 g/mol. The van der Waals surface area contributed by atoms with E-state index in [1.54, 1.807) is 0 Å². The number of likely N-dealkylation sites (tertiary alicyclic amines) is 1. The summed E-state index contributed by atoms with van der Waals surface area (Å²) in [6, 6.07) is 0.926. The van der Waals surface area contributed by atoms with Gasteiger partial charge in [0.15, 0.2) is 5.96 Å². The van der Waals surface area contributed by atoms with Gasteiger partial charge in [-0.1, -0.05) is 32.1 Å². The number of nitrogens with zero attached hydrogens (tertiary/aromatic N) is 2. The van der Waals surface area contributed by atoms with Gasteiger partial charge in [0, 0.05) is 32.2 Å². The van der Waals surface area contributed by atoms with Gasteiger partial charge in [-0.2, -0.15) is 0 Å². The Bertz CT molecular complexity index is 421. The maximum Gasteiger partial charge on any atom is 0.251 e. The molecule has 1 saturated heterocycles. The highest BCUT2D eigenvalue weighted by Gasteiger charge is 2.43. The Balaban J connectivity index is 0.00000225. The van der Waals surface area contributed by atoms with Gasteiger partial charge in [-0.05, 0) is 31.1 Å². The summed E-state index contributed by atoms with van der Waals surface area (Å²) in [5, 5.41) is 7.08. The summed E-state index contributed by atoms with van der Waals surface area (Å²) in [5.41, 5.74) is 0. The van der Waals surface area contributed by atoms with Gasteiger partial charge in [0.1, 0.15) is 0 Å². The van der Waals surface area contributed by atoms with Gasteiger partial charge in [-0.15, -0.1) is 24.0 Å². The summed E-state index contributed by atoms with van der Waals surface area (Å²) in [6.45, 7) is 1.39. The van der Waals surface area contributed by atoms with E-state index in [2.05, 4.69) is 15.6 Å². The van der Waals surface area contributed by atoms with Crippen molar-refractivity contribution in [2.24, 2.45) is 16.8 Å². The number of alkyl halides is 2. The fourth-order valence-corrected chi connectivity index (χ4v) is 4.46. The zero-order valence-corrected chi connectivity index (χ0v) is 17.6. The van der Waals surface area contributed by atoms with E-state index in [4.69, 9.17) is 0 Å². The molecule has 2 N–H and O–H groups in total. The van der Waals surface area contributed by atoms with E-state index >= 15 is 0 Å². The fraction of sp³-hybridized carbons (Fsp3) is 0.944. The largest absolute Gasteiger partial charge is 0.354 e. The van der Waals surface area contributed by atoms with Crippen molar-refractivity contribution < 1.29 is 8.78 Å². The van der Waals surface area contributed by atoms with Crippen LogP contribution < -0.4 is 10.6 Å². The van der Waals surface area contributed by atoms with Crippen molar-refractivity contribution in [1.29, 1.82) is 0 Å². The molecule has 0 aromatic rings. The number of rotatable bonds is 5. The number of hydrogen-bond donors (Lipinski definition) is 2. The standard InChI is InChI=1S/C18H32F2N4.HI/c1-21-18(22-14-7-9-24(10-8-14)12-17(19)20)23-16-11-15(16)13-5-3-2-4-6-13;/h13-17H,2-12H2,1H3,(H2,21,22,23);1H. The first-order valence-corrected chi connectivity index (χ1v) is 9.66. The molecule has 2 unspecified atom stereocenters. The first kappa shape index (κ1) is 21.1. The normalized spacial score (nSPS) is 29.4. The lowest BCUT2D eigenvalue weighted by Gasteiger charge is -2.32. The van der Waals surface area contributed by atoms with Crippen molar-refractivity contribution in [3.63, 3.8) is 0 Å². The summed E-state index contributed by atoms with van der Waals surface area (Å²) < 4.78 is 24.9. The molecule has 3 rings (SSSR count). The average Bonchev–Trinajstić information content (AvgIpc) is 3.35.